The number of fused-ring (bicyclic) bond motifs is 1. The molecule has 1 N–H and O–H groups in total. The fourth-order valence-electron chi connectivity index (χ4n) is 2.93. The van der Waals surface area contributed by atoms with E-state index in [0.29, 0.717) is 24.7 Å². The zero-order chi connectivity index (χ0) is 19.4. The van der Waals surface area contributed by atoms with E-state index in [9.17, 15) is 8.42 Å². The van der Waals surface area contributed by atoms with E-state index in [2.05, 4.69) is 9.71 Å². The summed E-state index contributed by atoms with van der Waals surface area (Å²) in [6.45, 7) is 2.01. The van der Waals surface area contributed by atoms with Gasteiger partial charge in [0.05, 0.1) is 24.4 Å². The molecule has 0 atom stereocenters. The summed E-state index contributed by atoms with van der Waals surface area (Å²) in [7, 11) is -3.65. The Balaban J connectivity index is 1.41. The number of hydrogen-bond donors (Lipinski definition) is 1. The maximum Gasteiger partial charge on any atom is 0.241 e. The van der Waals surface area contributed by atoms with E-state index in [1.54, 1.807) is 18.6 Å². The highest BCUT2D eigenvalue weighted by Gasteiger charge is 2.18. The second-order valence-corrected chi connectivity index (χ2v) is 8.30. The molecule has 0 aliphatic carbocycles. The molecule has 0 fully saturated rings. The minimum absolute atomic E-state index is 0.161. The Hall–Kier alpha value is -2.84. The normalized spacial score (nSPS) is 13.9. The van der Waals surface area contributed by atoms with Crippen molar-refractivity contribution in [3.63, 3.8) is 0 Å². The molecule has 1 aliphatic rings. The fourth-order valence-corrected chi connectivity index (χ4v) is 3.96. The van der Waals surface area contributed by atoms with Crippen molar-refractivity contribution in [2.24, 2.45) is 0 Å². The van der Waals surface area contributed by atoms with Crippen LogP contribution >= 0.6 is 0 Å². The summed E-state index contributed by atoms with van der Waals surface area (Å²) in [5.74, 6) is 1.04. The summed E-state index contributed by atoms with van der Waals surface area (Å²) in [5.41, 5.74) is 2.00. The summed E-state index contributed by atoms with van der Waals surface area (Å²) >= 11 is 0. The Labute approximate surface area is 164 Å². The topological polar surface area (TPSA) is 82.5 Å². The monoisotopic (exact) mass is 399 g/mol. The highest BCUT2D eigenvalue weighted by Crippen LogP contribution is 2.31. The zero-order valence-corrected chi connectivity index (χ0v) is 16.1. The number of ether oxygens (including phenoxy) is 2. The summed E-state index contributed by atoms with van der Waals surface area (Å²) in [5, 5.41) is 0. The van der Waals surface area contributed by atoms with E-state index in [1.165, 1.54) is 12.1 Å². The quantitative estimate of drug-likeness (QED) is 0.689. The predicted octanol–water partition coefficient (Wildman–Crippen LogP) is 2.57. The van der Waals surface area contributed by atoms with Gasteiger partial charge < -0.3 is 14.0 Å². The first-order valence-corrected chi connectivity index (χ1v) is 10.5. The average molecular weight is 399 g/mol. The lowest BCUT2D eigenvalue weighted by Gasteiger charge is -2.11. The number of aromatic nitrogens is 2. The Morgan fingerprint density at radius 3 is 2.50 bits per heavy atom. The van der Waals surface area contributed by atoms with Gasteiger partial charge in [-0.2, -0.15) is 0 Å². The molecular weight excluding hydrogens is 378 g/mol. The molecule has 1 aliphatic heterocycles. The maximum atomic E-state index is 12.6. The first-order valence-electron chi connectivity index (χ1n) is 9.03. The maximum absolute atomic E-state index is 12.6. The molecule has 0 unspecified atom stereocenters. The average Bonchev–Trinajstić information content (AvgIpc) is 3.09. The second kappa shape index (κ2) is 8.04. The largest absolute Gasteiger partial charge is 0.490 e. The third kappa shape index (κ3) is 4.35. The van der Waals surface area contributed by atoms with Gasteiger partial charge in [-0.1, -0.05) is 24.3 Å². The lowest BCUT2D eigenvalue weighted by atomic mass is 10.1. The van der Waals surface area contributed by atoms with Gasteiger partial charge in [0.25, 0.3) is 0 Å². The molecule has 0 saturated carbocycles. The lowest BCUT2D eigenvalue weighted by Crippen LogP contribution is -2.23. The van der Waals surface area contributed by atoms with Crippen LogP contribution < -0.4 is 14.2 Å². The number of rotatable bonds is 6. The number of sulfonamides is 1. The number of imidazole rings is 1. The number of benzene rings is 2. The molecule has 7 nitrogen and oxygen atoms in total. The molecule has 3 aromatic rings. The molecule has 8 heteroatoms. The van der Waals surface area contributed by atoms with E-state index in [0.717, 1.165) is 24.1 Å². The molecular formula is C20H21N3O4S. The molecule has 1 aromatic heterocycles. The van der Waals surface area contributed by atoms with Crippen LogP contribution in [0.1, 0.15) is 17.5 Å². The van der Waals surface area contributed by atoms with Crippen molar-refractivity contribution in [2.75, 3.05) is 13.2 Å². The highest BCUT2D eigenvalue weighted by atomic mass is 32.2. The van der Waals surface area contributed by atoms with E-state index < -0.39 is 10.0 Å². The van der Waals surface area contributed by atoms with Crippen LogP contribution in [0.4, 0.5) is 0 Å². The van der Waals surface area contributed by atoms with Crippen LogP contribution in [0.5, 0.6) is 11.5 Å². The Morgan fingerprint density at radius 2 is 1.75 bits per heavy atom. The predicted molar refractivity (Wildman–Crippen MR) is 104 cm³/mol. The third-order valence-corrected chi connectivity index (χ3v) is 5.84. The van der Waals surface area contributed by atoms with Crippen molar-refractivity contribution in [2.45, 2.75) is 24.4 Å². The Kier molecular flexibility index (Phi) is 5.31. The van der Waals surface area contributed by atoms with E-state index in [1.807, 2.05) is 35.0 Å². The Bertz CT molecular complexity index is 1030. The van der Waals surface area contributed by atoms with Crippen molar-refractivity contribution >= 4 is 10.0 Å². The number of hydrogen-bond acceptors (Lipinski definition) is 5. The highest BCUT2D eigenvalue weighted by molar-refractivity contribution is 7.89. The van der Waals surface area contributed by atoms with Crippen molar-refractivity contribution in [3.8, 4) is 11.5 Å². The Morgan fingerprint density at radius 1 is 1.00 bits per heavy atom. The first-order chi connectivity index (χ1) is 13.6. The van der Waals surface area contributed by atoms with Crippen molar-refractivity contribution in [3.05, 3.63) is 72.3 Å². The van der Waals surface area contributed by atoms with Crippen LogP contribution in [-0.4, -0.2) is 31.2 Å². The summed E-state index contributed by atoms with van der Waals surface area (Å²) in [6.07, 6.45) is 6.17. The van der Waals surface area contributed by atoms with E-state index in [4.69, 9.17) is 9.47 Å². The number of nitrogens with one attached hydrogen (secondary N) is 1. The molecule has 146 valence electrons. The lowest BCUT2D eigenvalue weighted by molar-refractivity contribution is 0.297. The minimum atomic E-state index is -3.65. The van der Waals surface area contributed by atoms with Crippen LogP contribution in [-0.2, 0) is 23.1 Å². The van der Waals surface area contributed by atoms with Gasteiger partial charge >= 0.3 is 0 Å². The molecule has 0 radical (unpaired) electrons. The van der Waals surface area contributed by atoms with Crippen LogP contribution in [0.2, 0.25) is 0 Å². The summed E-state index contributed by atoms with van der Waals surface area (Å²) in [6, 6.07) is 12.5. The third-order valence-electron chi connectivity index (χ3n) is 4.44. The molecule has 2 aromatic carbocycles. The second-order valence-electron chi connectivity index (χ2n) is 6.54. The van der Waals surface area contributed by atoms with Gasteiger partial charge in [-0.15, -0.1) is 0 Å². The van der Waals surface area contributed by atoms with E-state index in [-0.39, 0.29) is 11.4 Å². The molecule has 0 bridgehead atoms. The molecule has 0 saturated heterocycles. The summed E-state index contributed by atoms with van der Waals surface area (Å²) < 4.78 is 41.0. The van der Waals surface area contributed by atoms with Crippen LogP contribution in [0.25, 0.3) is 0 Å². The van der Waals surface area contributed by atoms with Gasteiger partial charge in [0.15, 0.2) is 11.5 Å². The van der Waals surface area contributed by atoms with Gasteiger partial charge in [0.2, 0.25) is 10.0 Å². The minimum Gasteiger partial charge on any atom is -0.490 e. The van der Waals surface area contributed by atoms with Gasteiger partial charge in [-0.3, -0.25) is 0 Å². The van der Waals surface area contributed by atoms with Crippen molar-refractivity contribution in [1.82, 2.24) is 14.3 Å². The van der Waals surface area contributed by atoms with Gasteiger partial charge in [-0.25, -0.2) is 18.1 Å². The molecule has 0 amide bonds. The SMILES string of the molecule is O=S(=O)(NCc1ccc(Cn2ccnc2)cc1)c1ccc2c(c1)OCCCO2. The molecule has 2 heterocycles. The van der Waals surface area contributed by atoms with E-state index >= 15 is 0 Å². The zero-order valence-electron chi connectivity index (χ0n) is 15.2. The molecule has 28 heavy (non-hydrogen) atoms. The standard InChI is InChI=1S/C20H21N3O4S/c24-28(25,18-6-7-19-20(12-18)27-11-1-10-26-19)22-13-16-2-4-17(5-3-16)14-23-9-8-21-15-23/h2-9,12,15,22H,1,10-11,13-14H2. The van der Waals surface area contributed by atoms with Crippen LogP contribution in [0.3, 0.4) is 0 Å². The first kappa shape index (κ1) is 18.5. The van der Waals surface area contributed by atoms with Crippen molar-refractivity contribution < 1.29 is 17.9 Å². The van der Waals surface area contributed by atoms with Crippen LogP contribution in [0.15, 0.2) is 66.1 Å². The van der Waals surface area contributed by atoms with Gasteiger partial charge in [-0.05, 0) is 23.3 Å². The van der Waals surface area contributed by atoms with Crippen LogP contribution in [0, 0.1) is 0 Å². The molecule has 0 spiro atoms. The number of nitrogens with zero attached hydrogens (tertiary/aromatic N) is 2. The molecule has 4 rings (SSSR count). The smallest absolute Gasteiger partial charge is 0.241 e. The van der Waals surface area contributed by atoms with Gasteiger partial charge in [0, 0.05) is 38.0 Å². The van der Waals surface area contributed by atoms with Crippen molar-refractivity contribution in [1.29, 1.82) is 0 Å². The van der Waals surface area contributed by atoms with Gasteiger partial charge in [0.1, 0.15) is 0 Å². The fraction of sp³-hybridized carbons (Fsp3) is 0.250. The summed E-state index contributed by atoms with van der Waals surface area (Å²) in [4.78, 5) is 4.18.